The van der Waals surface area contributed by atoms with Gasteiger partial charge < -0.3 is 14.9 Å². The summed E-state index contributed by atoms with van der Waals surface area (Å²) in [6.45, 7) is 0. The van der Waals surface area contributed by atoms with Crippen molar-refractivity contribution in [3.05, 3.63) is 35.4 Å². The molecule has 0 heterocycles. The molecular weight excluding hydrogens is 200 g/mol. The van der Waals surface area contributed by atoms with Gasteiger partial charge in [0.1, 0.15) is 0 Å². The summed E-state index contributed by atoms with van der Waals surface area (Å²) in [5.41, 5.74) is 0.0757. The number of ether oxygens (including phenoxy) is 1. The van der Waals surface area contributed by atoms with Crippen LogP contribution in [0.5, 0.6) is 0 Å². The molecule has 80 valence electrons. The van der Waals surface area contributed by atoms with Crippen LogP contribution in [0.2, 0.25) is 0 Å². The van der Waals surface area contributed by atoms with E-state index in [9.17, 15) is 9.59 Å². The molecule has 1 rings (SSSR count). The van der Waals surface area contributed by atoms with Crippen molar-refractivity contribution < 1.29 is 24.5 Å². The third-order valence-corrected chi connectivity index (χ3v) is 1.93. The maximum atomic E-state index is 10.8. The van der Waals surface area contributed by atoms with Crippen molar-refractivity contribution >= 4 is 11.9 Å². The molecule has 0 fully saturated rings. The number of benzene rings is 1. The number of carboxylic acids is 2. The van der Waals surface area contributed by atoms with Crippen molar-refractivity contribution in [2.75, 3.05) is 7.11 Å². The van der Waals surface area contributed by atoms with Crippen molar-refractivity contribution in [3.63, 3.8) is 0 Å². The van der Waals surface area contributed by atoms with Gasteiger partial charge in [-0.1, -0.05) is 18.2 Å². The van der Waals surface area contributed by atoms with Gasteiger partial charge in [0.15, 0.2) is 6.10 Å². The topological polar surface area (TPSA) is 83.8 Å². The highest BCUT2D eigenvalue weighted by Crippen LogP contribution is 2.21. The van der Waals surface area contributed by atoms with Gasteiger partial charge in [-0.3, -0.25) is 0 Å². The lowest BCUT2D eigenvalue weighted by Crippen LogP contribution is -2.17. The van der Waals surface area contributed by atoms with Gasteiger partial charge in [-0.25, -0.2) is 9.59 Å². The van der Waals surface area contributed by atoms with E-state index in [0.717, 1.165) is 0 Å². The fourth-order valence-corrected chi connectivity index (χ4v) is 1.28. The summed E-state index contributed by atoms with van der Waals surface area (Å²) < 4.78 is 4.73. The van der Waals surface area contributed by atoms with Gasteiger partial charge in [-0.2, -0.15) is 0 Å². The van der Waals surface area contributed by atoms with Gasteiger partial charge in [0.05, 0.1) is 5.56 Å². The molecule has 5 heteroatoms. The van der Waals surface area contributed by atoms with Crippen molar-refractivity contribution in [3.8, 4) is 0 Å². The fourth-order valence-electron chi connectivity index (χ4n) is 1.28. The number of carbonyl (C=O) groups is 2. The standard InChI is InChI=1S/C10H10O5/c1-15-8(10(13)14)6-4-2-3-5-7(6)9(11)12/h2-5,8H,1H3,(H,11,12)(H,13,14)/t8-/m0/s1. The van der Waals surface area contributed by atoms with E-state index in [1.807, 2.05) is 0 Å². The minimum atomic E-state index is -1.25. The number of carboxylic acid groups (broad SMARTS) is 2. The largest absolute Gasteiger partial charge is 0.479 e. The quantitative estimate of drug-likeness (QED) is 0.778. The first-order chi connectivity index (χ1) is 7.07. The summed E-state index contributed by atoms with van der Waals surface area (Å²) in [6.07, 6.45) is -1.25. The number of hydrogen-bond acceptors (Lipinski definition) is 3. The summed E-state index contributed by atoms with van der Waals surface area (Å²) in [5, 5.41) is 17.7. The molecule has 0 bridgehead atoms. The van der Waals surface area contributed by atoms with Crippen molar-refractivity contribution in [1.82, 2.24) is 0 Å². The van der Waals surface area contributed by atoms with Crippen LogP contribution in [0, 0.1) is 0 Å². The van der Waals surface area contributed by atoms with Crippen LogP contribution in [0.15, 0.2) is 24.3 Å². The minimum Gasteiger partial charge on any atom is -0.479 e. The molecule has 0 aliphatic rings. The molecule has 1 aromatic carbocycles. The Morgan fingerprint density at radius 1 is 1.27 bits per heavy atom. The zero-order chi connectivity index (χ0) is 11.4. The SMILES string of the molecule is CO[C@H](C(=O)O)c1ccccc1C(=O)O. The molecule has 0 spiro atoms. The molecule has 0 aliphatic carbocycles. The lowest BCUT2D eigenvalue weighted by molar-refractivity contribution is -0.148. The number of hydrogen-bond donors (Lipinski definition) is 2. The summed E-state index contributed by atoms with van der Waals surface area (Å²) >= 11 is 0. The Kier molecular flexibility index (Phi) is 3.41. The second-order valence-corrected chi connectivity index (χ2v) is 2.85. The first-order valence-corrected chi connectivity index (χ1v) is 4.15. The summed E-state index contributed by atoms with van der Waals surface area (Å²) in [5.74, 6) is -2.39. The van der Waals surface area contributed by atoms with Crippen LogP contribution in [0.3, 0.4) is 0 Å². The second-order valence-electron chi connectivity index (χ2n) is 2.85. The summed E-state index contributed by atoms with van der Waals surface area (Å²) in [6, 6.07) is 5.86. The monoisotopic (exact) mass is 210 g/mol. The highest BCUT2D eigenvalue weighted by atomic mass is 16.5. The Hall–Kier alpha value is -1.88. The van der Waals surface area contributed by atoms with E-state index in [-0.39, 0.29) is 11.1 Å². The van der Waals surface area contributed by atoms with Crippen LogP contribution in [-0.2, 0) is 9.53 Å². The molecule has 0 amide bonds. The van der Waals surface area contributed by atoms with Crippen molar-refractivity contribution in [2.24, 2.45) is 0 Å². The van der Waals surface area contributed by atoms with Crippen LogP contribution >= 0.6 is 0 Å². The first kappa shape index (κ1) is 11.2. The lowest BCUT2D eigenvalue weighted by Gasteiger charge is -2.12. The molecule has 0 aromatic heterocycles. The van der Waals surface area contributed by atoms with Gasteiger partial charge in [0.2, 0.25) is 0 Å². The Balaban J connectivity index is 3.22. The van der Waals surface area contributed by atoms with E-state index < -0.39 is 18.0 Å². The Bertz CT molecular complexity index is 385. The average molecular weight is 210 g/mol. The first-order valence-electron chi connectivity index (χ1n) is 4.15. The van der Waals surface area contributed by atoms with E-state index >= 15 is 0 Å². The third kappa shape index (κ3) is 2.32. The number of rotatable bonds is 4. The Labute approximate surface area is 85.9 Å². The summed E-state index contributed by atoms with van der Waals surface area (Å²) in [7, 11) is 1.22. The van der Waals surface area contributed by atoms with Crippen molar-refractivity contribution in [1.29, 1.82) is 0 Å². The molecule has 0 saturated heterocycles. The normalized spacial score (nSPS) is 12.1. The number of methoxy groups -OCH3 is 1. The highest BCUT2D eigenvalue weighted by molar-refractivity contribution is 5.91. The average Bonchev–Trinajstić information content (AvgIpc) is 2.18. The Morgan fingerprint density at radius 3 is 2.33 bits per heavy atom. The molecule has 5 nitrogen and oxygen atoms in total. The zero-order valence-corrected chi connectivity index (χ0v) is 8.01. The highest BCUT2D eigenvalue weighted by Gasteiger charge is 2.24. The Morgan fingerprint density at radius 2 is 1.87 bits per heavy atom. The van der Waals surface area contributed by atoms with Gasteiger partial charge >= 0.3 is 11.9 Å². The van der Waals surface area contributed by atoms with Crippen molar-refractivity contribution in [2.45, 2.75) is 6.10 Å². The van der Waals surface area contributed by atoms with E-state index in [4.69, 9.17) is 14.9 Å². The molecule has 0 saturated carbocycles. The molecular formula is C10H10O5. The summed E-state index contributed by atoms with van der Waals surface area (Å²) in [4.78, 5) is 21.6. The van der Waals surface area contributed by atoms with E-state index in [1.165, 1.54) is 25.3 Å². The second kappa shape index (κ2) is 4.56. The molecule has 0 aliphatic heterocycles. The third-order valence-electron chi connectivity index (χ3n) is 1.93. The predicted molar refractivity (Wildman–Crippen MR) is 50.8 cm³/mol. The van der Waals surface area contributed by atoms with Crippen LogP contribution in [0.25, 0.3) is 0 Å². The maximum absolute atomic E-state index is 10.8. The van der Waals surface area contributed by atoms with Crippen LogP contribution in [-0.4, -0.2) is 29.3 Å². The fraction of sp³-hybridized carbons (Fsp3) is 0.200. The lowest BCUT2D eigenvalue weighted by atomic mass is 10.0. The minimum absolute atomic E-state index is 0.0632. The molecule has 1 atom stereocenters. The molecule has 1 aromatic rings. The zero-order valence-electron chi connectivity index (χ0n) is 8.01. The molecule has 0 radical (unpaired) electrons. The van der Waals surface area contributed by atoms with E-state index in [1.54, 1.807) is 6.07 Å². The van der Waals surface area contributed by atoms with Gasteiger partial charge in [-0.05, 0) is 6.07 Å². The predicted octanol–water partition coefficient (Wildman–Crippen LogP) is 1.16. The van der Waals surface area contributed by atoms with Crippen LogP contribution in [0.1, 0.15) is 22.0 Å². The van der Waals surface area contributed by atoms with Gasteiger partial charge in [-0.15, -0.1) is 0 Å². The van der Waals surface area contributed by atoms with E-state index in [0.29, 0.717) is 0 Å². The molecule has 15 heavy (non-hydrogen) atoms. The smallest absolute Gasteiger partial charge is 0.337 e. The van der Waals surface area contributed by atoms with Gasteiger partial charge in [0, 0.05) is 12.7 Å². The number of aliphatic carboxylic acids is 1. The molecule has 2 N–H and O–H groups in total. The number of aromatic carboxylic acids is 1. The molecule has 0 unspecified atom stereocenters. The van der Waals surface area contributed by atoms with E-state index in [2.05, 4.69) is 0 Å². The van der Waals surface area contributed by atoms with Crippen LogP contribution in [0.4, 0.5) is 0 Å². The van der Waals surface area contributed by atoms with Gasteiger partial charge in [0.25, 0.3) is 0 Å². The van der Waals surface area contributed by atoms with Crippen LogP contribution < -0.4 is 0 Å². The maximum Gasteiger partial charge on any atom is 0.337 e.